The smallest absolute Gasteiger partial charge is 0.280 e. The number of hydrazone groups is 1. The number of aryl methyl sites for hydroxylation is 1. The fraction of sp³-hybridized carbons (Fsp3) is 0.176. The van der Waals surface area contributed by atoms with E-state index in [-0.39, 0.29) is 5.91 Å². The summed E-state index contributed by atoms with van der Waals surface area (Å²) in [5.74, 6) is 0.261. The molecule has 0 bridgehead atoms. The van der Waals surface area contributed by atoms with Gasteiger partial charge in [-0.3, -0.25) is 4.79 Å². The molecule has 0 unspecified atom stereocenters. The monoisotopic (exact) mass is 394 g/mol. The highest BCUT2D eigenvalue weighted by Crippen LogP contribution is 2.21. The fourth-order valence-electron chi connectivity index (χ4n) is 1.76. The number of nitrogens with zero attached hydrogens (tertiary/aromatic N) is 1. The minimum Gasteiger partial charge on any atom is -0.481 e. The second kappa shape index (κ2) is 8.13. The Morgan fingerprint density at radius 2 is 2.00 bits per heavy atom. The fourth-order valence-corrected chi connectivity index (χ4v) is 2.14. The van der Waals surface area contributed by atoms with Crippen LogP contribution in [0, 0.1) is 6.92 Å². The number of rotatable bonds is 5. The number of halogens is 2. The quantitative estimate of drug-likeness (QED) is 0.605. The molecule has 4 nitrogen and oxygen atoms in total. The lowest BCUT2D eigenvalue weighted by atomic mass is 10.2. The van der Waals surface area contributed by atoms with E-state index in [1.165, 1.54) is 0 Å². The van der Waals surface area contributed by atoms with Gasteiger partial charge in [-0.25, -0.2) is 5.43 Å². The third kappa shape index (κ3) is 5.37. The van der Waals surface area contributed by atoms with Gasteiger partial charge in [-0.1, -0.05) is 39.7 Å². The number of ether oxygens (including phenoxy) is 1. The summed E-state index contributed by atoms with van der Waals surface area (Å²) in [6, 6.07) is 12.8. The van der Waals surface area contributed by atoms with Crippen molar-refractivity contribution in [2.75, 3.05) is 0 Å². The van der Waals surface area contributed by atoms with Gasteiger partial charge in [0.15, 0.2) is 6.10 Å². The SMILES string of the molecule is Cc1cc(O[C@@H](C)C(=O)NN=Cc2ccc(Br)cc2)ccc1Cl. The van der Waals surface area contributed by atoms with E-state index in [0.717, 1.165) is 15.6 Å². The number of amides is 1. The number of hydrogen-bond acceptors (Lipinski definition) is 3. The van der Waals surface area contributed by atoms with Crippen molar-refractivity contribution in [1.29, 1.82) is 0 Å². The number of nitrogens with one attached hydrogen (secondary N) is 1. The molecule has 1 atom stereocenters. The first-order valence-corrected chi connectivity index (χ1v) is 8.14. The van der Waals surface area contributed by atoms with Crippen LogP contribution in [0.5, 0.6) is 5.75 Å². The normalized spacial score (nSPS) is 12.2. The zero-order valence-electron chi connectivity index (χ0n) is 12.7. The first-order chi connectivity index (χ1) is 11.0. The summed E-state index contributed by atoms with van der Waals surface area (Å²) in [5, 5.41) is 4.59. The van der Waals surface area contributed by atoms with Crippen LogP contribution < -0.4 is 10.2 Å². The Morgan fingerprint density at radius 3 is 2.65 bits per heavy atom. The van der Waals surface area contributed by atoms with Crippen molar-refractivity contribution in [3.05, 3.63) is 63.1 Å². The highest BCUT2D eigenvalue weighted by atomic mass is 79.9. The molecule has 120 valence electrons. The number of hydrogen-bond donors (Lipinski definition) is 1. The molecule has 0 saturated heterocycles. The maximum atomic E-state index is 12.0. The van der Waals surface area contributed by atoms with Gasteiger partial charge in [0.05, 0.1) is 6.21 Å². The molecule has 2 aromatic rings. The molecule has 2 aromatic carbocycles. The van der Waals surface area contributed by atoms with Crippen LogP contribution in [0.4, 0.5) is 0 Å². The third-order valence-corrected chi connectivity index (χ3v) is 4.02. The van der Waals surface area contributed by atoms with Gasteiger partial charge in [-0.2, -0.15) is 5.10 Å². The second-order valence-electron chi connectivity index (χ2n) is 4.96. The Bertz CT molecular complexity index is 717. The van der Waals surface area contributed by atoms with Crippen molar-refractivity contribution in [2.24, 2.45) is 5.10 Å². The van der Waals surface area contributed by atoms with E-state index in [2.05, 4.69) is 26.5 Å². The molecule has 23 heavy (non-hydrogen) atoms. The van der Waals surface area contributed by atoms with E-state index in [1.54, 1.807) is 31.3 Å². The molecular formula is C17H16BrClN2O2. The molecule has 6 heteroatoms. The second-order valence-corrected chi connectivity index (χ2v) is 6.28. The summed E-state index contributed by atoms with van der Waals surface area (Å²) >= 11 is 9.32. The zero-order chi connectivity index (χ0) is 16.8. The van der Waals surface area contributed by atoms with Gasteiger partial charge < -0.3 is 4.74 Å². The molecule has 2 rings (SSSR count). The highest BCUT2D eigenvalue weighted by molar-refractivity contribution is 9.10. The van der Waals surface area contributed by atoms with Crippen LogP contribution in [0.3, 0.4) is 0 Å². The largest absolute Gasteiger partial charge is 0.481 e. The van der Waals surface area contributed by atoms with Gasteiger partial charge in [0.2, 0.25) is 0 Å². The lowest BCUT2D eigenvalue weighted by Crippen LogP contribution is -2.33. The zero-order valence-corrected chi connectivity index (χ0v) is 15.1. The Labute approximate surface area is 148 Å². The van der Waals surface area contributed by atoms with E-state index < -0.39 is 6.10 Å². The van der Waals surface area contributed by atoms with Gasteiger partial charge in [-0.05, 0) is 55.3 Å². The summed E-state index contributed by atoms with van der Waals surface area (Å²) in [7, 11) is 0. The molecule has 0 heterocycles. The molecular weight excluding hydrogens is 380 g/mol. The number of benzene rings is 2. The Balaban J connectivity index is 1.89. The van der Waals surface area contributed by atoms with Crippen molar-refractivity contribution >= 4 is 39.7 Å². The lowest BCUT2D eigenvalue weighted by molar-refractivity contribution is -0.127. The highest BCUT2D eigenvalue weighted by Gasteiger charge is 2.14. The van der Waals surface area contributed by atoms with Crippen molar-refractivity contribution < 1.29 is 9.53 Å². The van der Waals surface area contributed by atoms with Gasteiger partial charge in [0.25, 0.3) is 5.91 Å². The number of carbonyl (C=O) groups excluding carboxylic acids is 1. The lowest BCUT2D eigenvalue weighted by Gasteiger charge is -2.13. The molecule has 0 spiro atoms. The molecule has 0 aliphatic rings. The first kappa shape index (κ1) is 17.5. The van der Waals surface area contributed by atoms with E-state index in [9.17, 15) is 4.79 Å². The van der Waals surface area contributed by atoms with E-state index >= 15 is 0 Å². The molecule has 0 aliphatic carbocycles. The average molecular weight is 396 g/mol. The molecule has 1 amide bonds. The molecule has 1 N–H and O–H groups in total. The topological polar surface area (TPSA) is 50.7 Å². The standard InChI is InChI=1S/C17H16BrClN2O2/c1-11-9-15(7-8-16(11)19)23-12(2)17(22)21-20-10-13-3-5-14(18)6-4-13/h3-10,12H,1-2H3,(H,21,22)/t12-/m0/s1. The van der Waals surface area contributed by atoms with E-state index in [1.807, 2.05) is 31.2 Å². The predicted octanol–water partition coefficient (Wildman–Crippen LogP) is 4.33. The van der Waals surface area contributed by atoms with E-state index in [0.29, 0.717) is 10.8 Å². The van der Waals surface area contributed by atoms with Crippen LogP contribution >= 0.6 is 27.5 Å². The minimum atomic E-state index is -0.669. The van der Waals surface area contributed by atoms with Gasteiger partial charge in [0, 0.05) is 9.50 Å². The van der Waals surface area contributed by atoms with Crippen molar-refractivity contribution in [1.82, 2.24) is 5.43 Å². The molecule has 0 radical (unpaired) electrons. The summed E-state index contributed by atoms with van der Waals surface area (Å²) in [6.45, 7) is 3.54. The van der Waals surface area contributed by atoms with Crippen molar-refractivity contribution in [2.45, 2.75) is 20.0 Å². The van der Waals surface area contributed by atoms with Gasteiger partial charge in [-0.15, -0.1) is 0 Å². The summed E-state index contributed by atoms with van der Waals surface area (Å²) < 4.78 is 6.56. The minimum absolute atomic E-state index is 0.328. The van der Waals surface area contributed by atoms with Gasteiger partial charge >= 0.3 is 0 Å². The maximum Gasteiger partial charge on any atom is 0.280 e. The van der Waals surface area contributed by atoms with Crippen LogP contribution in [-0.4, -0.2) is 18.2 Å². The van der Waals surface area contributed by atoms with Crippen molar-refractivity contribution in [3.8, 4) is 5.75 Å². The van der Waals surface area contributed by atoms with E-state index in [4.69, 9.17) is 16.3 Å². The third-order valence-electron chi connectivity index (χ3n) is 3.07. The van der Waals surface area contributed by atoms with Crippen LogP contribution in [0.2, 0.25) is 5.02 Å². The first-order valence-electron chi connectivity index (χ1n) is 6.97. The number of carbonyl (C=O) groups is 1. The summed E-state index contributed by atoms with van der Waals surface area (Å²) in [5.41, 5.74) is 4.24. The molecule has 0 aliphatic heterocycles. The van der Waals surface area contributed by atoms with Gasteiger partial charge in [0.1, 0.15) is 5.75 Å². The molecule has 0 fully saturated rings. The van der Waals surface area contributed by atoms with Crippen LogP contribution in [0.15, 0.2) is 52.0 Å². The predicted molar refractivity (Wildman–Crippen MR) is 96.2 cm³/mol. The summed E-state index contributed by atoms with van der Waals surface area (Å²) in [4.78, 5) is 12.0. The van der Waals surface area contributed by atoms with Crippen LogP contribution in [0.25, 0.3) is 0 Å². The maximum absolute atomic E-state index is 12.0. The van der Waals surface area contributed by atoms with Crippen molar-refractivity contribution in [3.63, 3.8) is 0 Å². The Kier molecular flexibility index (Phi) is 6.19. The Hall–Kier alpha value is -1.85. The molecule has 0 aromatic heterocycles. The summed E-state index contributed by atoms with van der Waals surface area (Å²) in [6.07, 6.45) is 0.904. The van der Waals surface area contributed by atoms with Crippen LogP contribution in [-0.2, 0) is 4.79 Å². The van der Waals surface area contributed by atoms with Crippen LogP contribution in [0.1, 0.15) is 18.1 Å². The average Bonchev–Trinajstić information content (AvgIpc) is 2.52. The molecule has 0 saturated carbocycles. The Morgan fingerprint density at radius 1 is 1.30 bits per heavy atom.